The van der Waals surface area contributed by atoms with Gasteiger partial charge in [0.25, 0.3) is 0 Å². The third-order valence-electron chi connectivity index (χ3n) is 3.66. The molecule has 1 aromatic carbocycles. The molecule has 0 bridgehead atoms. The fourth-order valence-electron chi connectivity index (χ4n) is 2.48. The van der Waals surface area contributed by atoms with Crippen LogP contribution in [0, 0.1) is 0 Å². The molecule has 0 amide bonds. The second kappa shape index (κ2) is 5.41. The van der Waals surface area contributed by atoms with Crippen LogP contribution in [0.4, 0.5) is 0 Å². The molecule has 0 heterocycles. The van der Waals surface area contributed by atoms with Crippen LogP contribution in [0.1, 0.15) is 44.6 Å². The van der Waals surface area contributed by atoms with Crippen molar-refractivity contribution in [1.29, 1.82) is 0 Å². The van der Waals surface area contributed by atoms with Gasteiger partial charge in [0.05, 0.1) is 5.25 Å². The molecule has 2 rings (SSSR count). The van der Waals surface area contributed by atoms with Crippen LogP contribution in [-0.4, -0.2) is 19.7 Å². The number of hydrogen-bond acceptors (Lipinski definition) is 2. The van der Waals surface area contributed by atoms with Crippen molar-refractivity contribution in [2.75, 3.05) is 0 Å². The second-order valence-corrected chi connectivity index (χ2v) is 7.60. The van der Waals surface area contributed by atoms with Gasteiger partial charge in [-0.15, -0.1) is 0 Å². The molecule has 1 aliphatic carbocycles. The molecule has 18 heavy (non-hydrogen) atoms. The molecule has 2 atom stereocenters. The average molecular weight is 267 g/mol. The summed E-state index contributed by atoms with van der Waals surface area (Å²) in [5.41, 5.74) is 1.32. The molecular formula is C14H21NO2S. The smallest absolute Gasteiger partial charge is 0.212 e. The molecule has 0 radical (unpaired) electrons. The van der Waals surface area contributed by atoms with Gasteiger partial charge in [-0.1, -0.05) is 30.3 Å². The lowest BCUT2D eigenvalue weighted by molar-refractivity contribution is 0.541. The fraction of sp³-hybridized carbons (Fsp3) is 0.571. The van der Waals surface area contributed by atoms with Crippen molar-refractivity contribution in [3.8, 4) is 0 Å². The Bertz CT molecular complexity index is 482. The maximum atomic E-state index is 11.8. The summed E-state index contributed by atoms with van der Waals surface area (Å²) in [4.78, 5) is 0. The minimum absolute atomic E-state index is 0.0996. The molecule has 1 aromatic rings. The van der Waals surface area contributed by atoms with Gasteiger partial charge in [-0.2, -0.15) is 0 Å². The zero-order valence-electron chi connectivity index (χ0n) is 11.0. The highest BCUT2D eigenvalue weighted by molar-refractivity contribution is 7.90. The normalized spacial score (nSPS) is 24.6. The highest BCUT2D eigenvalue weighted by Crippen LogP contribution is 2.34. The van der Waals surface area contributed by atoms with E-state index >= 15 is 0 Å². The van der Waals surface area contributed by atoms with E-state index in [-0.39, 0.29) is 11.3 Å². The standard InChI is InChI=1S/C14H21NO2S/c1-11(2)18(16,17)15-14-9-8-13(10-14)12-6-4-3-5-7-12/h3-7,11,13-15H,8-10H2,1-2H3. The van der Waals surface area contributed by atoms with E-state index in [0.29, 0.717) is 5.92 Å². The quantitative estimate of drug-likeness (QED) is 0.911. The largest absolute Gasteiger partial charge is 0.214 e. The van der Waals surface area contributed by atoms with Crippen LogP contribution in [-0.2, 0) is 10.0 Å². The Morgan fingerprint density at radius 2 is 1.83 bits per heavy atom. The molecule has 1 fully saturated rings. The van der Waals surface area contributed by atoms with E-state index in [4.69, 9.17) is 0 Å². The Hall–Kier alpha value is -0.870. The summed E-state index contributed by atoms with van der Waals surface area (Å²) < 4.78 is 26.5. The Labute approximate surface area is 110 Å². The van der Waals surface area contributed by atoms with Gasteiger partial charge < -0.3 is 0 Å². The van der Waals surface area contributed by atoms with Gasteiger partial charge in [0.15, 0.2) is 0 Å². The van der Waals surface area contributed by atoms with Crippen molar-refractivity contribution >= 4 is 10.0 Å². The van der Waals surface area contributed by atoms with Crippen molar-refractivity contribution in [1.82, 2.24) is 4.72 Å². The third-order valence-corrected chi connectivity index (χ3v) is 5.56. The first-order valence-corrected chi connectivity index (χ1v) is 8.10. The molecule has 1 aliphatic rings. The summed E-state index contributed by atoms with van der Waals surface area (Å²) in [5.74, 6) is 0.492. The lowest BCUT2D eigenvalue weighted by Gasteiger charge is -2.16. The van der Waals surface area contributed by atoms with Gasteiger partial charge in [-0.05, 0) is 44.6 Å². The number of nitrogens with one attached hydrogen (secondary N) is 1. The van der Waals surface area contributed by atoms with E-state index in [1.807, 2.05) is 18.2 Å². The lowest BCUT2D eigenvalue weighted by Crippen LogP contribution is -2.37. The molecule has 0 saturated heterocycles. The Kier molecular flexibility index (Phi) is 4.07. The van der Waals surface area contributed by atoms with Gasteiger partial charge in [-0.25, -0.2) is 13.1 Å². The first-order chi connectivity index (χ1) is 8.49. The minimum atomic E-state index is -3.14. The topological polar surface area (TPSA) is 46.2 Å². The van der Waals surface area contributed by atoms with Crippen LogP contribution in [0.15, 0.2) is 30.3 Å². The third kappa shape index (κ3) is 3.12. The average Bonchev–Trinajstić information content (AvgIpc) is 2.78. The highest BCUT2D eigenvalue weighted by Gasteiger charge is 2.29. The second-order valence-electron chi connectivity index (χ2n) is 5.33. The molecule has 0 aromatic heterocycles. The van der Waals surface area contributed by atoms with E-state index in [2.05, 4.69) is 16.9 Å². The minimum Gasteiger partial charge on any atom is -0.212 e. The number of sulfonamides is 1. The maximum Gasteiger partial charge on any atom is 0.214 e. The molecule has 4 heteroatoms. The van der Waals surface area contributed by atoms with E-state index < -0.39 is 10.0 Å². The highest BCUT2D eigenvalue weighted by atomic mass is 32.2. The summed E-state index contributed by atoms with van der Waals surface area (Å²) in [6.45, 7) is 3.43. The summed E-state index contributed by atoms with van der Waals surface area (Å²) in [5, 5.41) is -0.353. The van der Waals surface area contributed by atoms with Crippen LogP contribution in [0.5, 0.6) is 0 Å². The zero-order valence-corrected chi connectivity index (χ0v) is 11.8. The molecule has 1 saturated carbocycles. The van der Waals surface area contributed by atoms with Gasteiger partial charge in [0.2, 0.25) is 10.0 Å². The van der Waals surface area contributed by atoms with Crippen molar-refractivity contribution in [2.45, 2.75) is 50.3 Å². The van der Waals surface area contributed by atoms with E-state index in [9.17, 15) is 8.42 Å². The first-order valence-electron chi connectivity index (χ1n) is 6.55. The van der Waals surface area contributed by atoms with Gasteiger partial charge >= 0.3 is 0 Å². The lowest BCUT2D eigenvalue weighted by atomic mass is 9.98. The van der Waals surface area contributed by atoms with Crippen LogP contribution in [0.25, 0.3) is 0 Å². The Balaban J connectivity index is 1.98. The zero-order chi connectivity index (χ0) is 13.2. The molecule has 3 nitrogen and oxygen atoms in total. The number of rotatable bonds is 4. The van der Waals surface area contributed by atoms with Crippen LogP contribution < -0.4 is 4.72 Å². The van der Waals surface area contributed by atoms with E-state index in [1.54, 1.807) is 13.8 Å². The fourth-order valence-corrected chi connectivity index (χ4v) is 3.44. The van der Waals surface area contributed by atoms with Gasteiger partial charge in [0, 0.05) is 6.04 Å². The van der Waals surface area contributed by atoms with Crippen molar-refractivity contribution < 1.29 is 8.42 Å². The Morgan fingerprint density at radius 1 is 1.17 bits per heavy atom. The van der Waals surface area contributed by atoms with Crippen molar-refractivity contribution in [2.24, 2.45) is 0 Å². The molecule has 0 aliphatic heterocycles. The monoisotopic (exact) mass is 267 g/mol. The predicted octanol–water partition coefficient (Wildman–Crippen LogP) is 2.65. The van der Waals surface area contributed by atoms with E-state index in [0.717, 1.165) is 19.3 Å². The molecule has 0 spiro atoms. The summed E-state index contributed by atoms with van der Waals surface area (Å²) in [6, 6.07) is 10.5. The van der Waals surface area contributed by atoms with Crippen LogP contribution >= 0.6 is 0 Å². The predicted molar refractivity (Wildman–Crippen MR) is 74.0 cm³/mol. The number of hydrogen-bond donors (Lipinski definition) is 1. The van der Waals surface area contributed by atoms with E-state index in [1.165, 1.54) is 5.56 Å². The number of benzene rings is 1. The summed E-state index contributed by atoms with van der Waals surface area (Å²) in [7, 11) is -3.14. The first kappa shape index (κ1) is 13.6. The Morgan fingerprint density at radius 3 is 2.44 bits per heavy atom. The SMILES string of the molecule is CC(C)S(=O)(=O)NC1CCC(c2ccccc2)C1. The van der Waals surface area contributed by atoms with Crippen molar-refractivity contribution in [3.63, 3.8) is 0 Å². The summed E-state index contributed by atoms with van der Waals surface area (Å²) in [6.07, 6.45) is 2.91. The van der Waals surface area contributed by atoms with Crippen molar-refractivity contribution in [3.05, 3.63) is 35.9 Å². The van der Waals surface area contributed by atoms with Crippen LogP contribution in [0.2, 0.25) is 0 Å². The summed E-state index contributed by atoms with van der Waals surface area (Å²) >= 11 is 0. The molecule has 1 N–H and O–H groups in total. The maximum absolute atomic E-state index is 11.8. The van der Waals surface area contributed by atoms with Crippen LogP contribution in [0.3, 0.4) is 0 Å². The van der Waals surface area contributed by atoms with Gasteiger partial charge in [0.1, 0.15) is 0 Å². The van der Waals surface area contributed by atoms with Gasteiger partial charge in [-0.3, -0.25) is 0 Å². The molecular weight excluding hydrogens is 246 g/mol. The molecule has 2 unspecified atom stereocenters. The molecule has 100 valence electrons.